The third-order valence-electron chi connectivity index (χ3n) is 4.46. The Bertz CT molecular complexity index is 949. The van der Waals surface area contributed by atoms with E-state index in [9.17, 15) is 9.59 Å². The third-order valence-corrected chi connectivity index (χ3v) is 4.46. The smallest absolute Gasteiger partial charge is 0.286 e. The van der Waals surface area contributed by atoms with Crippen LogP contribution in [-0.2, 0) is 11.8 Å². The highest BCUT2D eigenvalue weighted by molar-refractivity contribution is 5.91. The minimum Gasteiger partial charge on any atom is -0.497 e. The molecule has 2 amide bonds. The van der Waals surface area contributed by atoms with Crippen molar-refractivity contribution < 1.29 is 18.7 Å². The molecule has 1 unspecified atom stereocenters. The lowest BCUT2D eigenvalue weighted by atomic mass is 10.1. The second kappa shape index (κ2) is 9.59. The summed E-state index contributed by atoms with van der Waals surface area (Å²) >= 11 is 0. The predicted molar refractivity (Wildman–Crippen MR) is 106 cm³/mol. The van der Waals surface area contributed by atoms with Crippen molar-refractivity contribution >= 4 is 11.8 Å². The van der Waals surface area contributed by atoms with Gasteiger partial charge in [-0.05, 0) is 36.2 Å². The van der Waals surface area contributed by atoms with Crippen molar-refractivity contribution in [2.45, 2.75) is 18.9 Å². The quantitative estimate of drug-likeness (QED) is 0.542. The van der Waals surface area contributed by atoms with E-state index in [1.165, 1.54) is 6.26 Å². The molecule has 0 radical (unpaired) electrons. The molecule has 3 aromatic rings. The van der Waals surface area contributed by atoms with Crippen LogP contribution < -0.4 is 15.4 Å². The van der Waals surface area contributed by atoms with Crippen LogP contribution in [0.5, 0.6) is 5.75 Å². The number of rotatable bonds is 9. The maximum absolute atomic E-state index is 12.6. The van der Waals surface area contributed by atoms with Gasteiger partial charge >= 0.3 is 0 Å². The van der Waals surface area contributed by atoms with E-state index >= 15 is 0 Å². The summed E-state index contributed by atoms with van der Waals surface area (Å²) in [6, 6.07) is 10.4. The number of carbonyl (C=O) groups excluding carboxylic acids is 2. The van der Waals surface area contributed by atoms with Crippen molar-refractivity contribution in [2.24, 2.45) is 7.05 Å². The average Bonchev–Trinajstić information content (AvgIpc) is 3.41. The number of ether oxygens (including phenoxy) is 1. The van der Waals surface area contributed by atoms with Crippen LogP contribution in [-0.4, -0.2) is 35.0 Å². The van der Waals surface area contributed by atoms with Gasteiger partial charge in [0.05, 0.1) is 13.4 Å². The monoisotopic (exact) mass is 396 g/mol. The second-order valence-electron chi connectivity index (χ2n) is 6.51. The summed E-state index contributed by atoms with van der Waals surface area (Å²) in [5, 5.41) is 5.77. The first kappa shape index (κ1) is 20.2. The van der Waals surface area contributed by atoms with Gasteiger partial charge in [0.2, 0.25) is 5.91 Å². The molecule has 0 fully saturated rings. The van der Waals surface area contributed by atoms with Crippen LogP contribution in [0, 0.1) is 0 Å². The number of hydrogen-bond donors (Lipinski definition) is 2. The largest absolute Gasteiger partial charge is 0.497 e. The molecule has 152 valence electrons. The van der Waals surface area contributed by atoms with Crippen molar-refractivity contribution in [1.82, 2.24) is 20.2 Å². The summed E-state index contributed by atoms with van der Waals surface area (Å²) in [5.41, 5.74) is 0.873. The molecule has 2 N–H and O–H groups in total. The zero-order valence-electron chi connectivity index (χ0n) is 16.4. The number of aryl methyl sites for hydroxylation is 1. The number of carbonyl (C=O) groups is 2. The standard InChI is InChI=1S/C21H24N4O4/c1-25-12-11-22-20(25)19(15-6-3-7-16(14-15)28-2)24-18(26)9-4-10-23-21(27)17-8-5-13-29-17/h3,5-8,11-14,19H,4,9-10H2,1-2H3,(H,23,27)(H,24,26). The lowest BCUT2D eigenvalue weighted by molar-refractivity contribution is -0.121. The number of nitrogens with zero attached hydrogens (tertiary/aromatic N) is 2. The number of amides is 2. The molecular weight excluding hydrogens is 372 g/mol. The van der Waals surface area contributed by atoms with E-state index in [4.69, 9.17) is 9.15 Å². The highest BCUT2D eigenvalue weighted by atomic mass is 16.5. The van der Waals surface area contributed by atoms with Crippen LogP contribution in [0.3, 0.4) is 0 Å². The molecule has 0 saturated carbocycles. The van der Waals surface area contributed by atoms with E-state index in [0.717, 1.165) is 11.4 Å². The second-order valence-corrected chi connectivity index (χ2v) is 6.51. The van der Waals surface area contributed by atoms with Crippen LogP contribution in [0.25, 0.3) is 0 Å². The van der Waals surface area contributed by atoms with E-state index in [1.54, 1.807) is 25.4 Å². The lowest BCUT2D eigenvalue weighted by Gasteiger charge is -2.20. The van der Waals surface area contributed by atoms with Crippen molar-refractivity contribution in [1.29, 1.82) is 0 Å². The van der Waals surface area contributed by atoms with Gasteiger partial charge in [0.1, 0.15) is 17.6 Å². The zero-order chi connectivity index (χ0) is 20.6. The maximum Gasteiger partial charge on any atom is 0.286 e. The third kappa shape index (κ3) is 5.25. The zero-order valence-corrected chi connectivity index (χ0v) is 16.4. The van der Waals surface area contributed by atoms with Crippen LogP contribution in [0.4, 0.5) is 0 Å². The predicted octanol–water partition coefficient (Wildman–Crippen LogP) is 2.44. The Morgan fingerprint density at radius 3 is 2.83 bits per heavy atom. The highest BCUT2D eigenvalue weighted by Crippen LogP contribution is 2.24. The Morgan fingerprint density at radius 2 is 2.14 bits per heavy atom. The summed E-state index contributed by atoms with van der Waals surface area (Å²) in [7, 11) is 3.48. The van der Waals surface area contributed by atoms with Gasteiger partial charge in [-0.2, -0.15) is 0 Å². The average molecular weight is 396 g/mol. The maximum atomic E-state index is 12.6. The molecule has 3 rings (SSSR count). The van der Waals surface area contributed by atoms with Gasteiger partial charge in [-0.15, -0.1) is 0 Å². The van der Waals surface area contributed by atoms with Gasteiger partial charge in [-0.3, -0.25) is 9.59 Å². The van der Waals surface area contributed by atoms with Gasteiger partial charge < -0.3 is 24.4 Å². The summed E-state index contributed by atoms with van der Waals surface area (Å²) < 4.78 is 12.2. The van der Waals surface area contributed by atoms with E-state index in [-0.39, 0.29) is 24.0 Å². The summed E-state index contributed by atoms with van der Waals surface area (Å²) in [6.07, 6.45) is 5.74. The molecule has 8 nitrogen and oxygen atoms in total. The van der Waals surface area contributed by atoms with E-state index in [1.807, 2.05) is 42.1 Å². The van der Waals surface area contributed by atoms with Gasteiger partial charge in [0.15, 0.2) is 5.76 Å². The van der Waals surface area contributed by atoms with E-state index < -0.39 is 6.04 Å². The summed E-state index contributed by atoms with van der Waals surface area (Å²) in [6.45, 7) is 0.374. The topological polar surface area (TPSA) is 98.4 Å². The minimum absolute atomic E-state index is 0.131. The fraction of sp³-hybridized carbons (Fsp3) is 0.286. The fourth-order valence-electron chi connectivity index (χ4n) is 2.95. The number of benzene rings is 1. The molecule has 0 aliphatic heterocycles. The Kier molecular flexibility index (Phi) is 6.67. The SMILES string of the molecule is COc1cccc(C(NC(=O)CCCNC(=O)c2ccco2)c2nccn2C)c1. The molecule has 0 aliphatic carbocycles. The molecule has 0 spiro atoms. The number of furan rings is 1. The molecule has 1 aromatic carbocycles. The normalized spacial score (nSPS) is 11.7. The number of imidazole rings is 1. The van der Waals surface area contributed by atoms with Crippen molar-refractivity contribution in [3.63, 3.8) is 0 Å². The molecular formula is C21H24N4O4. The number of nitrogens with one attached hydrogen (secondary N) is 2. The molecule has 1 atom stereocenters. The minimum atomic E-state index is -0.407. The summed E-state index contributed by atoms with van der Waals surface area (Å²) in [5.74, 6) is 1.25. The molecule has 2 heterocycles. The number of hydrogen-bond acceptors (Lipinski definition) is 5. The van der Waals surface area contributed by atoms with Gasteiger partial charge in [0, 0.05) is 32.4 Å². The Labute approximate surface area is 168 Å². The summed E-state index contributed by atoms with van der Waals surface area (Å²) in [4.78, 5) is 28.8. The first-order valence-corrected chi connectivity index (χ1v) is 9.30. The van der Waals surface area contributed by atoms with Gasteiger partial charge in [0.25, 0.3) is 5.91 Å². The molecule has 29 heavy (non-hydrogen) atoms. The van der Waals surface area contributed by atoms with Crippen LogP contribution >= 0.6 is 0 Å². The molecule has 2 aromatic heterocycles. The van der Waals surface area contributed by atoms with E-state index in [2.05, 4.69) is 15.6 Å². The molecule has 8 heteroatoms. The van der Waals surface area contributed by atoms with Crippen LogP contribution in [0.1, 0.15) is 40.8 Å². The van der Waals surface area contributed by atoms with Crippen molar-refractivity contribution in [2.75, 3.05) is 13.7 Å². The lowest BCUT2D eigenvalue weighted by Crippen LogP contribution is -2.32. The van der Waals surface area contributed by atoms with Crippen LogP contribution in [0.2, 0.25) is 0 Å². The first-order chi connectivity index (χ1) is 14.1. The number of aromatic nitrogens is 2. The fourth-order valence-corrected chi connectivity index (χ4v) is 2.95. The Morgan fingerprint density at radius 1 is 1.28 bits per heavy atom. The number of methoxy groups -OCH3 is 1. The molecule has 0 saturated heterocycles. The van der Waals surface area contributed by atoms with Crippen LogP contribution in [0.15, 0.2) is 59.5 Å². The van der Waals surface area contributed by atoms with E-state index in [0.29, 0.717) is 18.7 Å². The van der Waals surface area contributed by atoms with Crippen molar-refractivity contribution in [3.05, 3.63) is 72.2 Å². The van der Waals surface area contributed by atoms with Gasteiger partial charge in [-0.1, -0.05) is 12.1 Å². The Balaban J connectivity index is 1.59. The highest BCUT2D eigenvalue weighted by Gasteiger charge is 2.21. The van der Waals surface area contributed by atoms with Gasteiger partial charge in [-0.25, -0.2) is 4.98 Å². The first-order valence-electron chi connectivity index (χ1n) is 9.30. The Hall–Kier alpha value is -3.55. The van der Waals surface area contributed by atoms with Crippen molar-refractivity contribution in [3.8, 4) is 5.75 Å². The molecule has 0 bridgehead atoms. The molecule has 0 aliphatic rings.